The van der Waals surface area contributed by atoms with Crippen molar-refractivity contribution in [2.24, 2.45) is 0 Å². The van der Waals surface area contributed by atoms with Gasteiger partial charge in [0.05, 0.1) is 0 Å². The van der Waals surface area contributed by atoms with Crippen LogP contribution in [0.3, 0.4) is 0 Å². The van der Waals surface area contributed by atoms with Crippen LogP contribution in [0.1, 0.15) is 0 Å². The summed E-state index contributed by atoms with van der Waals surface area (Å²) in [4.78, 5) is 2.79. The molecule has 0 fully saturated rings. The minimum absolute atomic E-state index is 0.0126. The Balaban J connectivity index is 2.97. The third-order valence-corrected chi connectivity index (χ3v) is 1.76. The number of nitrogens with zero attached hydrogens (tertiary/aromatic N) is 1. The van der Waals surface area contributed by atoms with Crippen LogP contribution in [0.2, 0.25) is 0 Å². The maximum Gasteiger partial charge on any atom is 0.252 e. The molecule has 0 aliphatic carbocycles. The minimum atomic E-state index is -1.41. The van der Waals surface area contributed by atoms with Gasteiger partial charge in [-0.25, -0.2) is 4.39 Å². The fraction of sp³-hybridized carbons (Fsp3) is 0. The van der Waals surface area contributed by atoms with Crippen LogP contribution >= 0.6 is 0 Å². The van der Waals surface area contributed by atoms with E-state index in [1.165, 1.54) is 24.3 Å². The lowest BCUT2D eigenvalue weighted by molar-refractivity contribution is 0.459. The van der Waals surface area contributed by atoms with Crippen molar-refractivity contribution < 1.29 is 13.2 Å². The molecule has 0 aliphatic heterocycles. The minimum Gasteiger partial charge on any atom is -0.201 e. The Morgan fingerprint density at radius 3 is 2.15 bits per heavy atom. The summed E-state index contributed by atoms with van der Waals surface area (Å²) < 4.78 is 38.5. The second-order valence-electron chi connectivity index (χ2n) is 2.55. The molecule has 66 valence electrons. The standard InChI is InChI=1S/C9H4F3N/c10-7-5-3-1-2-4-6(5)8(11)13-9(7)12/h1-4H. The average molecular weight is 183 g/mol. The molecular weight excluding hydrogens is 179 g/mol. The molecule has 4 heteroatoms. The summed E-state index contributed by atoms with van der Waals surface area (Å²) in [6, 6.07) is 5.69. The highest BCUT2D eigenvalue weighted by Gasteiger charge is 2.12. The summed E-state index contributed by atoms with van der Waals surface area (Å²) in [5, 5.41) is -0.103. The molecule has 0 N–H and O–H groups in total. The van der Waals surface area contributed by atoms with Crippen LogP contribution in [0.25, 0.3) is 10.8 Å². The number of pyridine rings is 1. The molecule has 0 saturated heterocycles. The Bertz CT molecular complexity index is 468. The summed E-state index contributed by atoms with van der Waals surface area (Å²) >= 11 is 0. The van der Waals surface area contributed by atoms with Crippen molar-refractivity contribution in [1.82, 2.24) is 4.98 Å². The average Bonchev–Trinajstić information content (AvgIpc) is 2.15. The summed E-state index contributed by atoms with van der Waals surface area (Å²) in [6.07, 6.45) is 0. The molecule has 13 heavy (non-hydrogen) atoms. The third kappa shape index (κ3) is 1.14. The molecule has 0 saturated carbocycles. The summed E-state index contributed by atoms with van der Waals surface area (Å²) in [7, 11) is 0. The molecule has 2 rings (SSSR count). The molecule has 0 radical (unpaired) electrons. The second-order valence-corrected chi connectivity index (χ2v) is 2.55. The zero-order valence-corrected chi connectivity index (χ0v) is 6.39. The molecule has 0 atom stereocenters. The maximum absolute atomic E-state index is 13.0. The highest BCUT2D eigenvalue weighted by atomic mass is 19.2. The Morgan fingerprint density at radius 2 is 1.46 bits per heavy atom. The van der Waals surface area contributed by atoms with Crippen LogP contribution in [0.5, 0.6) is 0 Å². The van der Waals surface area contributed by atoms with Crippen LogP contribution < -0.4 is 0 Å². The van der Waals surface area contributed by atoms with E-state index in [0.717, 1.165) is 0 Å². The molecule has 0 unspecified atom stereocenters. The zero-order chi connectivity index (χ0) is 9.42. The number of hydrogen-bond donors (Lipinski definition) is 0. The lowest BCUT2D eigenvalue weighted by Crippen LogP contribution is -1.95. The van der Waals surface area contributed by atoms with Gasteiger partial charge in [0, 0.05) is 10.8 Å². The van der Waals surface area contributed by atoms with Gasteiger partial charge in [0.15, 0.2) is 5.82 Å². The Labute approximate surface area is 71.8 Å². The van der Waals surface area contributed by atoms with Gasteiger partial charge in [-0.3, -0.25) is 0 Å². The van der Waals surface area contributed by atoms with Crippen LogP contribution in [0, 0.1) is 17.7 Å². The Kier molecular flexibility index (Phi) is 1.69. The number of rotatable bonds is 0. The quantitative estimate of drug-likeness (QED) is 0.572. The van der Waals surface area contributed by atoms with Gasteiger partial charge in [0.25, 0.3) is 5.95 Å². The molecule has 1 heterocycles. The topological polar surface area (TPSA) is 12.9 Å². The van der Waals surface area contributed by atoms with Crippen LogP contribution in [-0.4, -0.2) is 4.98 Å². The van der Waals surface area contributed by atoms with Crippen molar-refractivity contribution in [2.45, 2.75) is 0 Å². The summed E-state index contributed by atoms with van der Waals surface area (Å²) in [6.45, 7) is 0. The van der Waals surface area contributed by atoms with Gasteiger partial charge in [0.2, 0.25) is 5.95 Å². The third-order valence-electron chi connectivity index (χ3n) is 1.76. The molecule has 0 aliphatic rings. The summed E-state index contributed by atoms with van der Waals surface area (Å²) in [5.74, 6) is -3.51. The van der Waals surface area contributed by atoms with Crippen molar-refractivity contribution in [3.05, 3.63) is 42.0 Å². The van der Waals surface area contributed by atoms with Crippen molar-refractivity contribution in [1.29, 1.82) is 0 Å². The van der Waals surface area contributed by atoms with E-state index in [4.69, 9.17) is 0 Å². The number of fused-ring (bicyclic) bond motifs is 1. The maximum atomic E-state index is 13.0. The molecule has 1 aromatic heterocycles. The van der Waals surface area contributed by atoms with Gasteiger partial charge in [-0.1, -0.05) is 18.2 Å². The van der Waals surface area contributed by atoms with Gasteiger partial charge < -0.3 is 0 Å². The van der Waals surface area contributed by atoms with Gasteiger partial charge in [-0.05, 0) is 6.07 Å². The molecular formula is C9H4F3N. The van der Waals surface area contributed by atoms with Gasteiger partial charge in [-0.15, -0.1) is 0 Å². The van der Waals surface area contributed by atoms with Crippen LogP contribution in [0.4, 0.5) is 13.2 Å². The second kappa shape index (κ2) is 2.73. The fourth-order valence-corrected chi connectivity index (χ4v) is 1.16. The predicted molar refractivity (Wildman–Crippen MR) is 41.6 cm³/mol. The van der Waals surface area contributed by atoms with Crippen molar-refractivity contribution in [2.75, 3.05) is 0 Å². The van der Waals surface area contributed by atoms with E-state index < -0.39 is 17.7 Å². The SMILES string of the molecule is Fc1nc(F)c2ccccc2c1F. The van der Waals surface area contributed by atoms with Crippen LogP contribution in [0.15, 0.2) is 24.3 Å². The first-order valence-corrected chi connectivity index (χ1v) is 3.59. The van der Waals surface area contributed by atoms with E-state index in [1.54, 1.807) is 0 Å². The largest absolute Gasteiger partial charge is 0.252 e. The van der Waals surface area contributed by atoms with E-state index in [-0.39, 0.29) is 10.8 Å². The molecule has 2 aromatic rings. The number of aromatic nitrogens is 1. The van der Waals surface area contributed by atoms with E-state index >= 15 is 0 Å². The van der Waals surface area contributed by atoms with Gasteiger partial charge in [0.1, 0.15) is 0 Å². The van der Waals surface area contributed by atoms with Crippen molar-refractivity contribution >= 4 is 10.8 Å². The first kappa shape index (κ1) is 8.04. The lowest BCUT2D eigenvalue weighted by atomic mass is 10.2. The first-order chi connectivity index (χ1) is 6.20. The number of hydrogen-bond acceptors (Lipinski definition) is 1. The molecule has 0 bridgehead atoms. The monoisotopic (exact) mass is 183 g/mol. The van der Waals surface area contributed by atoms with E-state index in [2.05, 4.69) is 4.98 Å². The molecule has 0 spiro atoms. The molecule has 0 amide bonds. The normalized spacial score (nSPS) is 10.7. The Hall–Kier alpha value is -1.58. The highest BCUT2D eigenvalue weighted by Crippen LogP contribution is 2.20. The fourth-order valence-electron chi connectivity index (χ4n) is 1.16. The zero-order valence-electron chi connectivity index (χ0n) is 6.39. The van der Waals surface area contributed by atoms with Crippen LogP contribution in [-0.2, 0) is 0 Å². The highest BCUT2D eigenvalue weighted by molar-refractivity contribution is 5.82. The predicted octanol–water partition coefficient (Wildman–Crippen LogP) is 2.65. The van der Waals surface area contributed by atoms with Gasteiger partial charge in [-0.2, -0.15) is 13.8 Å². The van der Waals surface area contributed by atoms with E-state index in [9.17, 15) is 13.2 Å². The number of benzene rings is 1. The molecule has 1 aromatic carbocycles. The first-order valence-electron chi connectivity index (χ1n) is 3.59. The van der Waals surface area contributed by atoms with Gasteiger partial charge >= 0.3 is 0 Å². The summed E-state index contributed by atoms with van der Waals surface area (Å²) in [5.41, 5.74) is 0. The molecule has 1 nitrogen and oxygen atoms in total. The lowest BCUT2D eigenvalue weighted by Gasteiger charge is -1.99. The number of halogens is 3. The van der Waals surface area contributed by atoms with Crippen molar-refractivity contribution in [3.63, 3.8) is 0 Å². The van der Waals surface area contributed by atoms with E-state index in [0.29, 0.717) is 0 Å². The Morgan fingerprint density at radius 1 is 0.846 bits per heavy atom. The van der Waals surface area contributed by atoms with Crippen molar-refractivity contribution in [3.8, 4) is 0 Å². The van der Waals surface area contributed by atoms with E-state index in [1.807, 2.05) is 0 Å². The smallest absolute Gasteiger partial charge is 0.201 e.